The van der Waals surface area contributed by atoms with Gasteiger partial charge in [0, 0.05) is 48.2 Å². The maximum atomic E-state index is 15.3. The van der Waals surface area contributed by atoms with Crippen molar-refractivity contribution in [2.45, 2.75) is 76.4 Å². The predicted molar refractivity (Wildman–Crippen MR) is 176 cm³/mol. The van der Waals surface area contributed by atoms with Crippen LogP contribution in [0.3, 0.4) is 0 Å². The van der Waals surface area contributed by atoms with Gasteiger partial charge in [-0.1, -0.05) is 6.07 Å². The predicted octanol–water partition coefficient (Wildman–Crippen LogP) is 5.00. The number of nitrogens with one attached hydrogen (secondary N) is 2. The van der Waals surface area contributed by atoms with Crippen LogP contribution >= 0.6 is 0 Å². The van der Waals surface area contributed by atoms with Crippen LogP contribution in [0.4, 0.5) is 23.2 Å². The lowest BCUT2D eigenvalue weighted by Crippen LogP contribution is -2.52. The third-order valence-corrected chi connectivity index (χ3v) is 9.75. The lowest BCUT2D eigenvalue weighted by Gasteiger charge is -2.30. The molecule has 3 aliphatic heterocycles. The number of imide groups is 1. The van der Waals surface area contributed by atoms with E-state index in [4.69, 9.17) is 4.42 Å². The number of carbonyl (C=O) groups is 4. The van der Waals surface area contributed by atoms with Crippen molar-refractivity contribution in [3.63, 3.8) is 0 Å². The van der Waals surface area contributed by atoms with Crippen LogP contribution in [0.1, 0.15) is 94.6 Å². The lowest BCUT2D eigenvalue weighted by atomic mass is 9.95. The molecule has 52 heavy (non-hydrogen) atoms. The van der Waals surface area contributed by atoms with Gasteiger partial charge in [-0.25, -0.2) is 14.4 Å². The van der Waals surface area contributed by atoms with Crippen molar-refractivity contribution in [3.05, 3.63) is 87.8 Å². The van der Waals surface area contributed by atoms with Crippen molar-refractivity contribution in [1.82, 2.24) is 25.1 Å². The molecule has 3 aliphatic rings. The van der Waals surface area contributed by atoms with Crippen molar-refractivity contribution in [1.29, 1.82) is 0 Å². The van der Waals surface area contributed by atoms with Gasteiger partial charge in [-0.05, 0) is 82.1 Å². The van der Waals surface area contributed by atoms with Crippen molar-refractivity contribution in [2.75, 3.05) is 18.4 Å². The summed E-state index contributed by atoms with van der Waals surface area (Å²) in [5, 5.41) is 15.7. The first-order chi connectivity index (χ1) is 24.5. The average Bonchev–Trinajstić information content (AvgIpc) is 3.64. The zero-order valence-electron chi connectivity index (χ0n) is 28.1. The number of fused-ring (bicyclic) bond motifs is 2. The van der Waals surface area contributed by atoms with Gasteiger partial charge in [-0.2, -0.15) is 13.2 Å². The highest BCUT2D eigenvalue weighted by molar-refractivity contribution is 6.06. The fourth-order valence-electron chi connectivity index (χ4n) is 7.02. The molecule has 272 valence electrons. The van der Waals surface area contributed by atoms with Gasteiger partial charge in [0.05, 0.1) is 11.3 Å². The molecular weight excluding hydrogens is 688 g/mol. The molecule has 2 aromatic heterocycles. The Bertz CT molecular complexity index is 2120. The van der Waals surface area contributed by atoms with Crippen LogP contribution in [-0.4, -0.2) is 67.6 Å². The number of halogens is 4. The molecule has 2 saturated heterocycles. The minimum absolute atomic E-state index is 0.0915. The molecule has 2 aromatic carbocycles. The van der Waals surface area contributed by atoms with E-state index in [0.29, 0.717) is 60.6 Å². The number of alkyl halides is 3. The molecule has 0 spiro atoms. The first-order valence-electron chi connectivity index (χ1n) is 16.8. The Morgan fingerprint density at radius 2 is 1.81 bits per heavy atom. The smallest absolute Gasteiger partial charge is 0.433 e. The molecule has 4 aromatic rings. The number of benzene rings is 2. The SMILES string of the molecule is CC(C)(O)c1cc2nc(C3CCN(Cc4cc5c(cc4F)C(=O)N(C4CCC(=O)NC4=O)C5)CC3)oc2cc1NC(=O)c1cccc(C(F)(F)F)n1. The summed E-state index contributed by atoms with van der Waals surface area (Å²) >= 11 is 0. The molecule has 0 radical (unpaired) electrons. The first kappa shape index (κ1) is 35.2. The molecular formula is C36H34F4N6O6. The maximum Gasteiger partial charge on any atom is 0.433 e. The van der Waals surface area contributed by atoms with E-state index in [9.17, 15) is 37.5 Å². The Kier molecular flexibility index (Phi) is 8.85. The van der Waals surface area contributed by atoms with E-state index < -0.39 is 52.7 Å². The van der Waals surface area contributed by atoms with Crippen molar-refractivity contribution >= 4 is 40.4 Å². The number of aromatic nitrogens is 2. The van der Waals surface area contributed by atoms with Crippen LogP contribution in [0.15, 0.2) is 46.9 Å². The van der Waals surface area contributed by atoms with Gasteiger partial charge in [0.2, 0.25) is 11.8 Å². The van der Waals surface area contributed by atoms with Crippen molar-refractivity contribution in [2.24, 2.45) is 0 Å². The lowest BCUT2D eigenvalue weighted by molar-refractivity contribution is -0.141. The average molecular weight is 723 g/mol. The zero-order valence-corrected chi connectivity index (χ0v) is 28.1. The molecule has 1 unspecified atom stereocenters. The molecule has 3 N–H and O–H groups in total. The number of piperidine rings is 2. The zero-order chi connectivity index (χ0) is 37.1. The Morgan fingerprint density at radius 1 is 1.06 bits per heavy atom. The fourth-order valence-corrected chi connectivity index (χ4v) is 7.02. The number of carbonyl (C=O) groups excluding carboxylic acids is 4. The Morgan fingerprint density at radius 3 is 2.50 bits per heavy atom. The van der Waals surface area contributed by atoms with Gasteiger partial charge in [-0.3, -0.25) is 29.4 Å². The summed E-state index contributed by atoms with van der Waals surface area (Å²) in [5.74, 6) is -2.43. The summed E-state index contributed by atoms with van der Waals surface area (Å²) in [6.45, 7) is 4.61. The quantitative estimate of drug-likeness (QED) is 0.176. The first-order valence-corrected chi connectivity index (χ1v) is 16.8. The number of anilines is 1. The topological polar surface area (TPSA) is 158 Å². The third-order valence-electron chi connectivity index (χ3n) is 9.75. The molecule has 2 fully saturated rings. The van der Waals surface area contributed by atoms with Gasteiger partial charge in [0.15, 0.2) is 11.5 Å². The van der Waals surface area contributed by atoms with Crippen LogP contribution in [0, 0.1) is 5.82 Å². The van der Waals surface area contributed by atoms with Gasteiger partial charge in [0.1, 0.15) is 28.8 Å². The fraction of sp³-hybridized carbons (Fsp3) is 0.389. The van der Waals surface area contributed by atoms with Gasteiger partial charge in [-0.15, -0.1) is 0 Å². The summed E-state index contributed by atoms with van der Waals surface area (Å²) in [4.78, 5) is 61.5. The Labute approximate surface area is 294 Å². The third kappa shape index (κ3) is 6.87. The number of rotatable bonds is 7. The number of oxazole rings is 1. The van der Waals surface area contributed by atoms with Crippen LogP contribution in [0.5, 0.6) is 0 Å². The van der Waals surface area contributed by atoms with E-state index in [2.05, 4.69) is 25.5 Å². The maximum absolute atomic E-state index is 15.3. The largest absolute Gasteiger partial charge is 0.440 e. The van der Waals surface area contributed by atoms with E-state index >= 15 is 4.39 Å². The van der Waals surface area contributed by atoms with Crippen LogP contribution < -0.4 is 10.6 Å². The van der Waals surface area contributed by atoms with Crippen LogP contribution in [0.25, 0.3) is 11.1 Å². The number of pyridine rings is 1. The minimum atomic E-state index is -4.73. The number of aliphatic hydroxyl groups is 1. The Hall–Kier alpha value is -5.22. The standard InChI is InChI=1S/C36H34F4N6O6/c1-35(2,51)22-14-26-28(15-25(22)42-31(48)24-4-3-5-29(41-24)36(38,39)40)52-33(43-26)18-8-10-45(11-9-18)16-20-12-19-17-46(34(50)21(19)13-23(20)37)27-6-7-30(47)44-32(27)49/h3-5,12-15,18,27,51H,6-11,16-17H2,1-2H3,(H,42,48)(H,44,47,49). The van der Waals surface area contributed by atoms with Gasteiger partial charge in [0.25, 0.3) is 11.8 Å². The molecule has 4 amide bonds. The van der Waals surface area contributed by atoms with Crippen molar-refractivity contribution < 1.29 is 46.3 Å². The van der Waals surface area contributed by atoms with E-state index in [1.165, 1.54) is 30.9 Å². The second-order valence-corrected chi connectivity index (χ2v) is 13.9. The van der Waals surface area contributed by atoms with Gasteiger partial charge < -0.3 is 19.7 Å². The van der Waals surface area contributed by atoms with E-state index in [1.807, 2.05) is 0 Å². The summed E-state index contributed by atoms with van der Waals surface area (Å²) in [7, 11) is 0. The molecule has 12 nitrogen and oxygen atoms in total. The normalized spacial score (nSPS) is 18.9. The molecule has 5 heterocycles. The highest BCUT2D eigenvalue weighted by atomic mass is 19.4. The summed E-state index contributed by atoms with van der Waals surface area (Å²) in [6, 6.07) is 8.15. The number of likely N-dealkylation sites (tertiary alicyclic amines) is 1. The highest BCUT2D eigenvalue weighted by Crippen LogP contribution is 2.37. The second kappa shape index (κ2) is 13.1. The van der Waals surface area contributed by atoms with Crippen molar-refractivity contribution in [3.8, 4) is 0 Å². The van der Waals surface area contributed by atoms with Crippen LogP contribution in [0.2, 0.25) is 0 Å². The highest BCUT2D eigenvalue weighted by Gasteiger charge is 2.40. The molecule has 7 rings (SSSR count). The summed E-state index contributed by atoms with van der Waals surface area (Å²) in [5.41, 5.74) is -0.751. The molecule has 1 atom stereocenters. The van der Waals surface area contributed by atoms with Gasteiger partial charge >= 0.3 is 6.18 Å². The molecule has 0 bridgehead atoms. The number of nitrogens with zero attached hydrogens (tertiary/aromatic N) is 4. The number of hydrogen-bond acceptors (Lipinski definition) is 9. The molecule has 16 heteroatoms. The second-order valence-electron chi connectivity index (χ2n) is 13.9. The monoisotopic (exact) mass is 722 g/mol. The Balaban J connectivity index is 1.03. The number of hydrogen-bond donors (Lipinski definition) is 3. The summed E-state index contributed by atoms with van der Waals surface area (Å²) < 4.78 is 61.0. The van der Waals surface area contributed by atoms with E-state index in [0.717, 1.165) is 18.2 Å². The van der Waals surface area contributed by atoms with E-state index in [1.54, 1.807) is 12.1 Å². The molecule has 0 aliphatic carbocycles. The molecule has 0 saturated carbocycles. The summed E-state index contributed by atoms with van der Waals surface area (Å²) in [6.07, 6.45) is -3.13. The van der Waals surface area contributed by atoms with Crippen LogP contribution in [-0.2, 0) is 34.5 Å². The van der Waals surface area contributed by atoms with E-state index in [-0.39, 0.29) is 48.0 Å². The minimum Gasteiger partial charge on any atom is -0.440 e. The number of amides is 4.